The monoisotopic (exact) mass is 362 g/mol. The van der Waals surface area contributed by atoms with E-state index in [4.69, 9.17) is 31.9 Å². The Morgan fingerprint density at radius 3 is 2.32 bits per heavy atom. The van der Waals surface area contributed by atoms with Crippen LogP contribution in [0.1, 0.15) is 11.1 Å². The molecule has 0 fully saturated rings. The third-order valence-corrected chi connectivity index (χ3v) is 3.25. The van der Waals surface area contributed by atoms with Crippen molar-refractivity contribution in [2.45, 2.75) is 6.61 Å². The first-order chi connectivity index (χ1) is 11.9. The number of hydrogen-bond donors (Lipinski definition) is 2. The Kier molecular flexibility index (Phi) is 6.36. The van der Waals surface area contributed by atoms with Gasteiger partial charge in [0.1, 0.15) is 18.2 Å². The fourth-order valence-corrected chi connectivity index (χ4v) is 1.91. The molecule has 2 rings (SSSR count). The van der Waals surface area contributed by atoms with Crippen LogP contribution in [0.4, 0.5) is 4.79 Å². The zero-order valence-electron chi connectivity index (χ0n) is 13.0. The second-order valence-electron chi connectivity index (χ2n) is 4.88. The Balaban J connectivity index is 1.87. The topological polar surface area (TPSA) is 111 Å². The molecule has 1 amide bonds. The molecular formula is C17H15ClN2O5. The van der Waals surface area contributed by atoms with Crippen molar-refractivity contribution in [2.24, 2.45) is 10.7 Å². The molecule has 7 nitrogen and oxygen atoms in total. The maximum atomic E-state index is 11.7. The molecule has 0 aliphatic heterocycles. The summed E-state index contributed by atoms with van der Waals surface area (Å²) in [5.41, 5.74) is 6.98. The Bertz CT molecular complexity index is 773. The van der Waals surface area contributed by atoms with E-state index in [1.807, 2.05) is 0 Å². The van der Waals surface area contributed by atoms with Gasteiger partial charge in [0.15, 0.2) is 6.61 Å². The number of ether oxygens (including phenoxy) is 2. The van der Waals surface area contributed by atoms with E-state index in [1.54, 1.807) is 48.5 Å². The lowest BCUT2D eigenvalue weighted by Crippen LogP contribution is -2.16. The Morgan fingerprint density at radius 2 is 1.72 bits per heavy atom. The molecule has 3 N–H and O–H groups in total. The molecule has 8 heteroatoms. The molecule has 0 saturated carbocycles. The van der Waals surface area contributed by atoms with Gasteiger partial charge in [-0.1, -0.05) is 23.7 Å². The number of amidine groups is 1. The number of rotatable bonds is 6. The molecule has 0 unspecified atom stereocenters. The lowest BCUT2D eigenvalue weighted by atomic mass is 10.2. The fraction of sp³-hybridized carbons (Fsp3) is 0.118. The van der Waals surface area contributed by atoms with E-state index in [2.05, 4.69) is 4.99 Å². The molecule has 25 heavy (non-hydrogen) atoms. The van der Waals surface area contributed by atoms with Gasteiger partial charge in [0.05, 0.1) is 0 Å². The van der Waals surface area contributed by atoms with Crippen molar-refractivity contribution >= 4 is 29.5 Å². The van der Waals surface area contributed by atoms with Gasteiger partial charge in [-0.05, 0) is 42.0 Å². The highest BCUT2D eigenvalue weighted by atomic mass is 35.5. The molecule has 0 aliphatic rings. The van der Waals surface area contributed by atoms with E-state index in [-0.39, 0.29) is 12.4 Å². The third kappa shape index (κ3) is 6.15. The predicted molar refractivity (Wildman–Crippen MR) is 91.9 cm³/mol. The molecule has 0 aliphatic carbocycles. The summed E-state index contributed by atoms with van der Waals surface area (Å²) in [6.45, 7) is -0.428. The number of amides is 1. The number of halogens is 1. The molecule has 0 heterocycles. The van der Waals surface area contributed by atoms with Gasteiger partial charge in [-0.15, -0.1) is 0 Å². The van der Waals surface area contributed by atoms with Gasteiger partial charge in [-0.3, -0.25) is 0 Å². The molecule has 0 atom stereocenters. The quantitative estimate of drug-likeness (QED) is 0.603. The summed E-state index contributed by atoms with van der Waals surface area (Å²) in [4.78, 5) is 25.8. The maximum Gasteiger partial charge on any atom is 0.435 e. The summed E-state index contributed by atoms with van der Waals surface area (Å²) >= 11 is 5.78. The van der Waals surface area contributed by atoms with Crippen molar-refractivity contribution in [3.05, 3.63) is 64.7 Å². The van der Waals surface area contributed by atoms with Crippen molar-refractivity contribution in [3.8, 4) is 5.75 Å². The highest BCUT2D eigenvalue weighted by molar-refractivity contribution is 6.30. The normalized spacial score (nSPS) is 11.0. The minimum atomic E-state index is -1.06. The second-order valence-corrected chi connectivity index (χ2v) is 5.32. The number of hydrogen-bond acceptors (Lipinski definition) is 4. The lowest BCUT2D eigenvalue weighted by Gasteiger charge is -2.06. The van der Waals surface area contributed by atoms with E-state index in [9.17, 15) is 9.59 Å². The minimum absolute atomic E-state index is 0.00452. The third-order valence-electron chi connectivity index (χ3n) is 3.00. The summed E-state index contributed by atoms with van der Waals surface area (Å²) in [6, 6.07) is 13.0. The number of nitrogens with zero attached hydrogens (tertiary/aromatic N) is 1. The van der Waals surface area contributed by atoms with Crippen molar-refractivity contribution < 1.29 is 24.2 Å². The van der Waals surface area contributed by atoms with E-state index < -0.39 is 18.7 Å². The van der Waals surface area contributed by atoms with Crippen molar-refractivity contribution in [1.29, 1.82) is 0 Å². The fourth-order valence-electron chi connectivity index (χ4n) is 1.79. The minimum Gasteiger partial charge on any atom is -0.482 e. The Hall–Kier alpha value is -3.06. The van der Waals surface area contributed by atoms with Crippen LogP contribution in [0.5, 0.6) is 5.75 Å². The van der Waals surface area contributed by atoms with Crippen LogP contribution in [0.2, 0.25) is 5.02 Å². The van der Waals surface area contributed by atoms with E-state index >= 15 is 0 Å². The van der Waals surface area contributed by atoms with Gasteiger partial charge in [0.25, 0.3) is 0 Å². The average Bonchev–Trinajstić information content (AvgIpc) is 2.59. The maximum absolute atomic E-state index is 11.7. The highest BCUT2D eigenvalue weighted by Gasteiger charge is 2.06. The predicted octanol–water partition coefficient (Wildman–Crippen LogP) is 2.85. The van der Waals surface area contributed by atoms with Gasteiger partial charge < -0.3 is 20.3 Å². The first kappa shape index (κ1) is 18.3. The van der Waals surface area contributed by atoms with E-state index in [0.717, 1.165) is 0 Å². The van der Waals surface area contributed by atoms with Crippen molar-refractivity contribution in [2.75, 3.05) is 6.61 Å². The van der Waals surface area contributed by atoms with Gasteiger partial charge in [-0.2, -0.15) is 4.99 Å². The molecule has 0 aromatic heterocycles. The summed E-state index contributed by atoms with van der Waals surface area (Å²) in [5.74, 6) is -0.629. The van der Waals surface area contributed by atoms with Crippen LogP contribution in [0.15, 0.2) is 53.5 Å². The van der Waals surface area contributed by atoms with Crippen LogP contribution in [0.25, 0.3) is 0 Å². The van der Waals surface area contributed by atoms with E-state index in [1.165, 1.54) is 0 Å². The summed E-state index contributed by atoms with van der Waals surface area (Å²) in [7, 11) is 0. The number of carboxylic acid groups (broad SMARTS) is 1. The smallest absolute Gasteiger partial charge is 0.435 e. The number of carbonyl (C=O) groups is 2. The zero-order chi connectivity index (χ0) is 18.2. The van der Waals surface area contributed by atoms with Crippen LogP contribution in [0.3, 0.4) is 0 Å². The Labute approximate surface area is 148 Å². The molecular weight excluding hydrogens is 348 g/mol. The number of carboxylic acids is 1. The molecule has 0 spiro atoms. The van der Waals surface area contributed by atoms with Crippen LogP contribution in [-0.2, 0) is 16.1 Å². The molecule has 0 saturated heterocycles. The number of aliphatic carboxylic acids is 1. The molecule has 2 aromatic carbocycles. The van der Waals surface area contributed by atoms with Crippen LogP contribution in [-0.4, -0.2) is 29.6 Å². The first-order valence-electron chi connectivity index (χ1n) is 7.14. The van der Waals surface area contributed by atoms with Crippen molar-refractivity contribution in [1.82, 2.24) is 0 Å². The largest absolute Gasteiger partial charge is 0.482 e. The SMILES string of the molecule is N/C(=N\C(=O)OCc1ccc(OCC(=O)O)cc1)c1ccc(Cl)cc1. The van der Waals surface area contributed by atoms with Crippen LogP contribution in [0, 0.1) is 0 Å². The lowest BCUT2D eigenvalue weighted by molar-refractivity contribution is -0.139. The summed E-state index contributed by atoms with van der Waals surface area (Å²) < 4.78 is 10.0. The van der Waals surface area contributed by atoms with Gasteiger partial charge >= 0.3 is 12.1 Å². The standard InChI is InChI=1S/C17H15ClN2O5/c18-13-5-3-12(4-6-13)16(19)20-17(23)25-9-11-1-7-14(8-2-11)24-10-15(21)22/h1-8H,9-10H2,(H,21,22)(H2,19,20,23). The van der Waals surface area contributed by atoms with Gasteiger partial charge in [0.2, 0.25) is 0 Å². The Morgan fingerprint density at radius 1 is 1.08 bits per heavy atom. The number of aliphatic imine (C=N–C) groups is 1. The van der Waals surface area contributed by atoms with Crippen LogP contribution < -0.4 is 10.5 Å². The summed E-state index contributed by atoms with van der Waals surface area (Å²) in [6.07, 6.45) is -0.821. The molecule has 130 valence electrons. The number of nitrogens with two attached hydrogens (primary N) is 1. The highest BCUT2D eigenvalue weighted by Crippen LogP contribution is 2.13. The molecule has 0 radical (unpaired) electrons. The second kappa shape index (κ2) is 8.70. The zero-order valence-corrected chi connectivity index (χ0v) is 13.8. The van der Waals surface area contributed by atoms with Crippen molar-refractivity contribution in [3.63, 3.8) is 0 Å². The van der Waals surface area contributed by atoms with Crippen LogP contribution >= 0.6 is 11.6 Å². The molecule has 0 bridgehead atoms. The van der Waals surface area contributed by atoms with Gasteiger partial charge in [0, 0.05) is 10.6 Å². The average molecular weight is 363 g/mol. The molecule has 2 aromatic rings. The number of carbonyl (C=O) groups excluding carboxylic acids is 1. The van der Waals surface area contributed by atoms with E-state index in [0.29, 0.717) is 21.9 Å². The summed E-state index contributed by atoms with van der Waals surface area (Å²) in [5, 5.41) is 9.08. The van der Waals surface area contributed by atoms with Gasteiger partial charge in [-0.25, -0.2) is 9.59 Å². The number of benzene rings is 2. The first-order valence-corrected chi connectivity index (χ1v) is 7.52.